The number of H-pyrrole nitrogens is 1. The Balaban J connectivity index is 1.35. The minimum atomic E-state index is -0.0382. The monoisotopic (exact) mass is 433 g/mol. The summed E-state index contributed by atoms with van der Waals surface area (Å²) in [6.45, 7) is 4.27. The molecule has 0 atom stereocenters. The lowest BCUT2D eigenvalue weighted by molar-refractivity contribution is 0.241. The summed E-state index contributed by atoms with van der Waals surface area (Å²) in [5, 5.41) is 6.57. The Labute approximate surface area is 184 Å². The fourth-order valence-electron chi connectivity index (χ4n) is 3.97. The van der Waals surface area contributed by atoms with Crippen LogP contribution in [0.25, 0.3) is 16.4 Å². The summed E-state index contributed by atoms with van der Waals surface area (Å²) in [5.41, 5.74) is 4.88. The first-order chi connectivity index (χ1) is 15.1. The van der Waals surface area contributed by atoms with Crippen molar-refractivity contribution in [2.75, 3.05) is 13.7 Å². The minimum Gasteiger partial charge on any atom is -0.497 e. The highest BCUT2D eigenvalue weighted by molar-refractivity contribution is 7.13. The van der Waals surface area contributed by atoms with Gasteiger partial charge in [0.25, 0.3) is 5.56 Å². The number of hydrogen-bond donors (Lipinski definition) is 1. The maximum absolute atomic E-state index is 12.7. The van der Waals surface area contributed by atoms with Gasteiger partial charge in [-0.05, 0) is 42.6 Å². The number of fused-ring (bicyclic) bond motifs is 1. The molecule has 0 saturated carbocycles. The molecule has 0 radical (unpaired) electrons. The molecule has 8 heteroatoms. The van der Waals surface area contributed by atoms with E-state index in [4.69, 9.17) is 9.72 Å². The number of ether oxygens (including phenoxy) is 1. The van der Waals surface area contributed by atoms with Crippen LogP contribution in [0.2, 0.25) is 0 Å². The Morgan fingerprint density at radius 3 is 2.81 bits per heavy atom. The molecule has 1 aliphatic heterocycles. The topological polar surface area (TPSA) is 76.0 Å². The van der Waals surface area contributed by atoms with E-state index in [2.05, 4.69) is 21.9 Å². The second-order valence-electron chi connectivity index (χ2n) is 7.64. The van der Waals surface area contributed by atoms with Gasteiger partial charge in [0.1, 0.15) is 5.75 Å². The summed E-state index contributed by atoms with van der Waals surface area (Å²) in [4.78, 5) is 23.7. The van der Waals surface area contributed by atoms with Crippen molar-refractivity contribution in [2.45, 2.75) is 26.4 Å². The molecule has 0 aliphatic carbocycles. The quantitative estimate of drug-likeness (QED) is 0.521. The van der Waals surface area contributed by atoms with Gasteiger partial charge in [0.2, 0.25) is 0 Å². The molecule has 158 valence electrons. The summed E-state index contributed by atoms with van der Waals surface area (Å²) in [6.07, 6.45) is 2.68. The van der Waals surface area contributed by atoms with Crippen LogP contribution in [0.1, 0.15) is 22.5 Å². The maximum Gasteiger partial charge on any atom is 0.255 e. The standard InChI is InChI=1S/C23H23N5O2S/c1-15-16(12-24-28(15)17-5-7-18(30-2)8-6-17)13-27-10-9-20-19(14-27)23(29)26-22(25-20)21-4-3-11-31-21/h3-8,11-12H,9-10,13-14H2,1-2H3,(H,25,26,29). The zero-order chi connectivity index (χ0) is 21.4. The fraction of sp³-hybridized carbons (Fsp3) is 0.261. The third-order valence-corrected chi connectivity index (χ3v) is 6.60. The van der Waals surface area contributed by atoms with Crippen LogP contribution >= 0.6 is 11.3 Å². The highest BCUT2D eigenvalue weighted by Gasteiger charge is 2.23. The lowest BCUT2D eigenvalue weighted by Crippen LogP contribution is -2.35. The number of thiophene rings is 1. The van der Waals surface area contributed by atoms with Gasteiger partial charge in [-0.3, -0.25) is 9.69 Å². The second-order valence-corrected chi connectivity index (χ2v) is 8.59. The van der Waals surface area contributed by atoms with Crippen LogP contribution in [0, 0.1) is 6.92 Å². The van der Waals surface area contributed by atoms with Crippen molar-refractivity contribution < 1.29 is 4.74 Å². The Hall–Kier alpha value is -3.23. The Bertz CT molecular complexity index is 1260. The highest BCUT2D eigenvalue weighted by Crippen LogP contribution is 2.24. The van der Waals surface area contributed by atoms with Gasteiger partial charge in [-0.2, -0.15) is 5.10 Å². The van der Waals surface area contributed by atoms with Crippen LogP contribution in [0.4, 0.5) is 0 Å². The molecule has 0 amide bonds. The lowest BCUT2D eigenvalue weighted by atomic mass is 10.1. The van der Waals surface area contributed by atoms with E-state index in [9.17, 15) is 4.79 Å². The molecule has 1 N–H and O–H groups in total. The van der Waals surface area contributed by atoms with Crippen LogP contribution in [0.15, 0.2) is 52.8 Å². The third-order valence-electron chi connectivity index (χ3n) is 5.72. The van der Waals surface area contributed by atoms with Gasteiger partial charge in [0.05, 0.1) is 35.1 Å². The number of nitrogens with one attached hydrogen (secondary N) is 1. The molecular weight excluding hydrogens is 410 g/mol. The number of rotatable bonds is 5. The van der Waals surface area contributed by atoms with Gasteiger partial charge in [-0.1, -0.05) is 6.07 Å². The van der Waals surface area contributed by atoms with E-state index >= 15 is 0 Å². The number of aromatic nitrogens is 4. The number of aromatic amines is 1. The smallest absolute Gasteiger partial charge is 0.255 e. The second kappa shape index (κ2) is 8.13. The summed E-state index contributed by atoms with van der Waals surface area (Å²) >= 11 is 1.58. The van der Waals surface area contributed by atoms with Crippen LogP contribution in [0.5, 0.6) is 5.75 Å². The zero-order valence-electron chi connectivity index (χ0n) is 17.5. The molecule has 1 aliphatic rings. The van der Waals surface area contributed by atoms with Crippen LogP contribution < -0.4 is 10.3 Å². The number of nitrogens with zero attached hydrogens (tertiary/aromatic N) is 4. The van der Waals surface area contributed by atoms with E-state index in [1.807, 2.05) is 52.7 Å². The Kier molecular flexibility index (Phi) is 5.17. The molecule has 0 unspecified atom stereocenters. The predicted molar refractivity (Wildman–Crippen MR) is 121 cm³/mol. The SMILES string of the molecule is COc1ccc(-n2ncc(CN3CCc4nc(-c5cccs5)[nH]c(=O)c4C3)c2C)cc1. The van der Waals surface area contributed by atoms with Crippen LogP contribution in [0.3, 0.4) is 0 Å². The van der Waals surface area contributed by atoms with Crippen molar-refractivity contribution in [1.29, 1.82) is 0 Å². The first-order valence-corrected chi connectivity index (χ1v) is 11.1. The third kappa shape index (κ3) is 3.80. The largest absolute Gasteiger partial charge is 0.497 e. The molecule has 0 fully saturated rings. The molecule has 7 nitrogen and oxygen atoms in total. The predicted octanol–water partition coefficient (Wildman–Crippen LogP) is 3.56. The summed E-state index contributed by atoms with van der Waals surface area (Å²) in [7, 11) is 1.66. The van der Waals surface area contributed by atoms with Gasteiger partial charge < -0.3 is 9.72 Å². The molecule has 3 aromatic heterocycles. The summed E-state index contributed by atoms with van der Waals surface area (Å²) in [5.74, 6) is 1.49. The molecule has 0 saturated heterocycles. The van der Waals surface area contributed by atoms with E-state index in [0.717, 1.165) is 58.3 Å². The van der Waals surface area contributed by atoms with Gasteiger partial charge in [0.15, 0.2) is 5.82 Å². The van der Waals surface area contributed by atoms with Crippen LogP contribution in [-0.2, 0) is 19.5 Å². The fourth-order valence-corrected chi connectivity index (χ4v) is 4.64. The van der Waals surface area contributed by atoms with Crippen molar-refractivity contribution >= 4 is 11.3 Å². The van der Waals surface area contributed by atoms with Gasteiger partial charge in [-0.15, -0.1) is 11.3 Å². The summed E-state index contributed by atoms with van der Waals surface area (Å²) < 4.78 is 7.18. The minimum absolute atomic E-state index is 0.0382. The molecule has 0 spiro atoms. The molecular formula is C23H23N5O2S. The molecule has 0 bridgehead atoms. The zero-order valence-corrected chi connectivity index (χ0v) is 18.3. The van der Waals surface area contributed by atoms with E-state index < -0.39 is 0 Å². The van der Waals surface area contributed by atoms with E-state index in [-0.39, 0.29) is 5.56 Å². The van der Waals surface area contributed by atoms with Gasteiger partial charge in [0, 0.05) is 37.3 Å². The molecule has 4 aromatic rings. The number of benzene rings is 1. The normalized spacial score (nSPS) is 13.9. The van der Waals surface area contributed by atoms with E-state index in [1.165, 1.54) is 0 Å². The van der Waals surface area contributed by atoms with Crippen molar-refractivity contribution in [3.05, 3.63) is 80.8 Å². The van der Waals surface area contributed by atoms with Crippen molar-refractivity contribution in [1.82, 2.24) is 24.6 Å². The van der Waals surface area contributed by atoms with Gasteiger partial charge in [-0.25, -0.2) is 9.67 Å². The van der Waals surface area contributed by atoms with Gasteiger partial charge >= 0.3 is 0 Å². The van der Waals surface area contributed by atoms with Crippen LogP contribution in [-0.4, -0.2) is 38.3 Å². The Morgan fingerprint density at radius 2 is 2.06 bits per heavy atom. The summed E-state index contributed by atoms with van der Waals surface area (Å²) in [6, 6.07) is 11.8. The number of hydrogen-bond acceptors (Lipinski definition) is 6. The van der Waals surface area contributed by atoms with E-state index in [1.54, 1.807) is 18.4 Å². The molecule has 5 rings (SSSR count). The molecule has 4 heterocycles. The maximum atomic E-state index is 12.7. The molecule has 31 heavy (non-hydrogen) atoms. The van der Waals surface area contributed by atoms with Crippen molar-refractivity contribution in [3.63, 3.8) is 0 Å². The number of methoxy groups -OCH3 is 1. The average molecular weight is 434 g/mol. The average Bonchev–Trinajstić information content (AvgIpc) is 3.45. The highest BCUT2D eigenvalue weighted by atomic mass is 32.1. The van der Waals surface area contributed by atoms with Crippen molar-refractivity contribution in [2.24, 2.45) is 0 Å². The Morgan fingerprint density at radius 1 is 1.23 bits per heavy atom. The lowest BCUT2D eigenvalue weighted by Gasteiger charge is -2.27. The first kappa shape index (κ1) is 19.7. The first-order valence-electron chi connectivity index (χ1n) is 10.2. The molecule has 1 aromatic carbocycles. The van der Waals surface area contributed by atoms with E-state index in [0.29, 0.717) is 12.4 Å². The van der Waals surface area contributed by atoms with Crippen molar-refractivity contribution in [3.8, 4) is 22.1 Å².